The molecule has 0 unspecified atom stereocenters. The SMILES string of the molecule is Cc1ccc(N(CCC(=O)NCc2ccc(N(C)C)nc2)S(=O)(=O)c2ccc(C)cc2)cc1. The predicted molar refractivity (Wildman–Crippen MR) is 132 cm³/mol. The zero-order valence-electron chi connectivity index (χ0n) is 19.4. The van der Waals surface area contributed by atoms with Gasteiger partial charge in [0.15, 0.2) is 0 Å². The number of hydrogen-bond donors (Lipinski definition) is 1. The summed E-state index contributed by atoms with van der Waals surface area (Å²) in [6, 6.07) is 17.7. The van der Waals surface area contributed by atoms with Crippen LogP contribution in [-0.2, 0) is 21.4 Å². The van der Waals surface area contributed by atoms with E-state index < -0.39 is 10.0 Å². The van der Waals surface area contributed by atoms with Gasteiger partial charge in [-0.25, -0.2) is 13.4 Å². The quantitative estimate of drug-likeness (QED) is 0.520. The molecule has 0 fully saturated rings. The maximum Gasteiger partial charge on any atom is 0.264 e. The summed E-state index contributed by atoms with van der Waals surface area (Å²) in [6.45, 7) is 4.20. The van der Waals surface area contributed by atoms with Crippen LogP contribution in [0.2, 0.25) is 0 Å². The van der Waals surface area contributed by atoms with Crippen LogP contribution >= 0.6 is 0 Å². The fourth-order valence-corrected chi connectivity index (χ4v) is 4.68. The van der Waals surface area contributed by atoms with Crippen molar-refractivity contribution in [3.05, 3.63) is 83.6 Å². The molecule has 33 heavy (non-hydrogen) atoms. The Morgan fingerprint density at radius 2 is 1.52 bits per heavy atom. The lowest BCUT2D eigenvalue weighted by atomic mass is 10.2. The number of rotatable bonds is 9. The topological polar surface area (TPSA) is 82.6 Å². The van der Waals surface area contributed by atoms with E-state index in [2.05, 4.69) is 10.3 Å². The van der Waals surface area contributed by atoms with Crippen LogP contribution in [0.5, 0.6) is 0 Å². The summed E-state index contributed by atoms with van der Waals surface area (Å²) >= 11 is 0. The highest BCUT2D eigenvalue weighted by atomic mass is 32.2. The average molecular weight is 467 g/mol. The number of carbonyl (C=O) groups is 1. The molecule has 0 radical (unpaired) electrons. The van der Waals surface area contributed by atoms with E-state index in [0.717, 1.165) is 22.5 Å². The molecule has 1 heterocycles. The average Bonchev–Trinajstić information content (AvgIpc) is 2.79. The Hall–Kier alpha value is -3.39. The van der Waals surface area contributed by atoms with Crippen LogP contribution in [0.1, 0.15) is 23.1 Å². The Bertz CT molecular complexity index is 1170. The van der Waals surface area contributed by atoms with Crippen LogP contribution in [0, 0.1) is 13.8 Å². The number of sulfonamides is 1. The number of aryl methyl sites for hydroxylation is 2. The summed E-state index contributed by atoms with van der Waals surface area (Å²) in [5, 5.41) is 2.85. The van der Waals surface area contributed by atoms with Crippen LogP contribution in [0.3, 0.4) is 0 Å². The number of benzene rings is 2. The smallest absolute Gasteiger partial charge is 0.264 e. The molecule has 7 nitrogen and oxygen atoms in total. The highest BCUT2D eigenvalue weighted by Crippen LogP contribution is 2.24. The summed E-state index contributed by atoms with van der Waals surface area (Å²) in [5.41, 5.74) is 3.40. The Balaban J connectivity index is 1.71. The van der Waals surface area contributed by atoms with Crippen molar-refractivity contribution in [2.24, 2.45) is 0 Å². The van der Waals surface area contributed by atoms with E-state index in [4.69, 9.17) is 0 Å². The minimum atomic E-state index is -3.82. The lowest BCUT2D eigenvalue weighted by Gasteiger charge is -2.24. The second-order valence-electron chi connectivity index (χ2n) is 8.17. The maximum atomic E-state index is 13.4. The van der Waals surface area contributed by atoms with Gasteiger partial charge in [0.2, 0.25) is 5.91 Å². The van der Waals surface area contributed by atoms with Crippen LogP contribution in [0.4, 0.5) is 11.5 Å². The Labute approximate surface area is 196 Å². The standard InChI is InChI=1S/C25H30N4O3S/c1-19-5-10-22(11-6-19)29(33(31,32)23-12-7-20(2)8-13-23)16-15-25(30)27-18-21-9-14-24(26-17-21)28(3)4/h5-14,17H,15-16,18H2,1-4H3,(H,27,30). The van der Waals surface area contributed by atoms with Gasteiger partial charge < -0.3 is 10.2 Å². The van der Waals surface area contributed by atoms with E-state index in [1.54, 1.807) is 42.6 Å². The lowest BCUT2D eigenvalue weighted by molar-refractivity contribution is -0.121. The zero-order valence-corrected chi connectivity index (χ0v) is 20.3. The molecule has 174 valence electrons. The second kappa shape index (κ2) is 10.5. The summed E-state index contributed by atoms with van der Waals surface area (Å²) in [4.78, 5) is 19.0. The van der Waals surface area contributed by atoms with Gasteiger partial charge in [-0.2, -0.15) is 0 Å². The molecule has 1 aromatic heterocycles. The monoisotopic (exact) mass is 466 g/mol. The number of carbonyl (C=O) groups excluding carboxylic acids is 1. The third kappa shape index (κ3) is 6.32. The molecular weight excluding hydrogens is 436 g/mol. The number of aromatic nitrogens is 1. The van der Waals surface area contributed by atoms with Crippen LogP contribution < -0.4 is 14.5 Å². The third-order valence-electron chi connectivity index (χ3n) is 5.23. The number of nitrogens with one attached hydrogen (secondary N) is 1. The molecule has 0 aliphatic rings. The highest BCUT2D eigenvalue weighted by Gasteiger charge is 2.25. The largest absolute Gasteiger partial charge is 0.363 e. The van der Waals surface area contributed by atoms with E-state index in [1.165, 1.54) is 4.31 Å². The van der Waals surface area contributed by atoms with Gasteiger partial charge in [-0.3, -0.25) is 9.10 Å². The molecule has 0 spiro atoms. The molecule has 3 aromatic rings. The molecule has 0 bridgehead atoms. The summed E-state index contributed by atoms with van der Waals surface area (Å²) < 4.78 is 28.1. The van der Waals surface area contributed by atoms with Crippen LogP contribution in [0.25, 0.3) is 0 Å². The maximum absolute atomic E-state index is 13.4. The van der Waals surface area contributed by atoms with E-state index in [9.17, 15) is 13.2 Å². The van der Waals surface area contributed by atoms with E-state index in [1.807, 2.05) is 57.1 Å². The van der Waals surface area contributed by atoms with Crippen molar-refractivity contribution in [1.82, 2.24) is 10.3 Å². The molecular formula is C25H30N4O3S. The van der Waals surface area contributed by atoms with Crippen molar-refractivity contribution in [2.45, 2.75) is 31.7 Å². The summed E-state index contributed by atoms with van der Waals surface area (Å²) in [6.07, 6.45) is 1.75. The predicted octanol–water partition coefficient (Wildman–Crippen LogP) is 3.67. The number of anilines is 2. The zero-order chi connectivity index (χ0) is 24.0. The molecule has 0 saturated heterocycles. The Kier molecular flexibility index (Phi) is 7.71. The number of amides is 1. The van der Waals surface area contributed by atoms with E-state index >= 15 is 0 Å². The number of pyridine rings is 1. The summed E-state index contributed by atoms with van der Waals surface area (Å²) in [5.74, 6) is 0.600. The van der Waals surface area contributed by atoms with Crippen molar-refractivity contribution < 1.29 is 13.2 Å². The van der Waals surface area contributed by atoms with Gasteiger partial charge in [0, 0.05) is 39.8 Å². The number of hydrogen-bond acceptors (Lipinski definition) is 5. The van der Waals surface area contributed by atoms with Crippen LogP contribution in [0.15, 0.2) is 71.8 Å². The van der Waals surface area contributed by atoms with Gasteiger partial charge in [-0.05, 0) is 49.7 Å². The molecule has 3 rings (SSSR count). The van der Waals surface area contributed by atoms with Crippen molar-refractivity contribution in [3.8, 4) is 0 Å². The Morgan fingerprint density at radius 1 is 0.909 bits per heavy atom. The van der Waals surface area contributed by atoms with Gasteiger partial charge in [0.05, 0.1) is 10.6 Å². The molecule has 0 aliphatic heterocycles. The molecule has 0 atom stereocenters. The first-order valence-corrected chi connectivity index (χ1v) is 12.2. The third-order valence-corrected chi connectivity index (χ3v) is 7.07. The molecule has 2 aromatic carbocycles. The molecule has 0 aliphatic carbocycles. The van der Waals surface area contributed by atoms with Gasteiger partial charge in [0.25, 0.3) is 10.0 Å². The van der Waals surface area contributed by atoms with Crippen molar-refractivity contribution in [2.75, 3.05) is 29.8 Å². The number of nitrogens with zero attached hydrogens (tertiary/aromatic N) is 3. The molecule has 0 saturated carbocycles. The van der Waals surface area contributed by atoms with Gasteiger partial charge in [0.1, 0.15) is 5.82 Å². The first kappa shape index (κ1) is 24.3. The van der Waals surface area contributed by atoms with Crippen molar-refractivity contribution >= 4 is 27.4 Å². The van der Waals surface area contributed by atoms with Gasteiger partial charge >= 0.3 is 0 Å². The summed E-state index contributed by atoms with van der Waals surface area (Å²) in [7, 11) is 0.00115. The van der Waals surface area contributed by atoms with Crippen LogP contribution in [-0.4, -0.2) is 39.9 Å². The van der Waals surface area contributed by atoms with E-state index in [-0.39, 0.29) is 23.8 Å². The first-order chi connectivity index (χ1) is 15.7. The van der Waals surface area contributed by atoms with Gasteiger partial charge in [-0.15, -0.1) is 0 Å². The molecule has 8 heteroatoms. The fraction of sp³-hybridized carbons (Fsp3) is 0.280. The fourth-order valence-electron chi connectivity index (χ4n) is 3.21. The minimum Gasteiger partial charge on any atom is -0.363 e. The van der Waals surface area contributed by atoms with Crippen molar-refractivity contribution in [3.63, 3.8) is 0 Å². The normalized spacial score (nSPS) is 11.2. The minimum absolute atomic E-state index is 0.0299. The lowest BCUT2D eigenvalue weighted by Crippen LogP contribution is -2.35. The molecule has 1 amide bonds. The first-order valence-electron chi connectivity index (χ1n) is 10.7. The Morgan fingerprint density at radius 3 is 2.06 bits per heavy atom. The van der Waals surface area contributed by atoms with Crippen molar-refractivity contribution in [1.29, 1.82) is 0 Å². The second-order valence-corrected chi connectivity index (χ2v) is 10.0. The van der Waals surface area contributed by atoms with Gasteiger partial charge in [-0.1, -0.05) is 41.5 Å². The highest BCUT2D eigenvalue weighted by molar-refractivity contribution is 7.92. The molecule has 1 N–H and O–H groups in total. The van der Waals surface area contributed by atoms with E-state index in [0.29, 0.717) is 12.2 Å².